The summed E-state index contributed by atoms with van der Waals surface area (Å²) >= 11 is 0. The van der Waals surface area contributed by atoms with Crippen LogP contribution in [0, 0.1) is 11.7 Å². The van der Waals surface area contributed by atoms with Crippen molar-refractivity contribution in [2.75, 3.05) is 16.8 Å². The van der Waals surface area contributed by atoms with Crippen LogP contribution >= 0.6 is 0 Å². The van der Waals surface area contributed by atoms with E-state index in [0.717, 1.165) is 17.7 Å². The van der Waals surface area contributed by atoms with Crippen LogP contribution in [-0.2, 0) is 11.2 Å². The summed E-state index contributed by atoms with van der Waals surface area (Å²) in [7, 11) is 0. The minimum atomic E-state index is -0.651. The number of urea groups is 1. The van der Waals surface area contributed by atoms with E-state index in [1.165, 1.54) is 24.3 Å². The summed E-state index contributed by atoms with van der Waals surface area (Å²) in [4.78, 5) is 27.0. The number of nitrogens with one attached hydrogen (secondary N) is 2. The zero-order chi connectivity index (χ0) is 18.7. The van der Waals surface area contributed by atoms with Crippen LogP contribution in [0.25, 0.3) is 0 Å². The number of fused-ring (bicyclic) bond motifs is 1. The molecule has 2 aromatic rings. The molecule has 0 saturated carbocycles. The molecule has 1 heterocycles. The maximum Gasteiger partial charge on any atom is 0.319 e. The van der Waals surface area contributed by atoms with Crippen LogP contribution in [0.1, 0.15) is 19.4 Å². The highest BCUT2D eigenvalue weighted by atomic mass is 19.1. The number of benzene rings is 2. The third-order valence-electron chi connectivity index (χ3n) is 4.47. The second kappa shape index (κ2) is 7.56. The Bertz CT molecular complexity index is 805. The van der Waals surface area contributed by atoms with Gasteiger partial charge in [-0.3, -0.25) is 4.79 Å². The number of para-hydroxylation sites is 1. The summed E-state index contributed by atoms with van der Waals surface area (Å²) in [6.45, 7) is 4.40. The molecule has 0 bridgehead atoms. The fourth-order valence-corrected chi connectivity index (χ4v) is 3.09. The molecule has 1 aliphatic heterocycles. The molecule has 26 heavy (non-hydrogen) atoms. The molecule has 2 aromatic carbocycles. The molecule has 0 spiro atoms. The normalized spacial score (nSPS) is 14.1. The fraction of sp³-hybridized carbons (Fsp3) is 0.300. The third kappa shape index (κ3) is 3.85. The Hall–Kier alpha value is -2.89. The van der Waals surface area contributed by atoms with Gasteiger partial charge in [-0.05, 0) is 48.2 Å². The van der Waals surface area contributed by atoms with Gasteiger partial charge in [0.05, 0.1) is 0 Å². The van der Waals surface area contributed by atoms with Crippen molar-refractivity contribution in [2.24, 2.45) is 5.92 Å². The van der Waals surface area contributed by atoms with Gasteiger partial charge in [-0.15, -0.1) is 0 Å². The molecule has 6 heteroatoms. The van der Waals surface area contributed by atoms with Gasteiger partial charge < -0.3 is 15.5 Å². The van der Waals surface area contributed by atoms with Crippen LogP contribution in [0.15, 0.2) is 48.5 Å². The van der Waals surface area contributed by atoms with Crippen molar-refractivity contribution in [3.05, 3.63) is 59.9 Å². The van der Waals surface area contributed by atoms with Gasteiger partial charge in [-0.1, -0.05) is 32.0 Å². The highest BCUT2D eigenvalue weighted by Crippen LogP contribution is 2.28. The van der Waals surface area contributed by atoms with E-state index in [4.69, 9.17) is 0 Å². The van der Waals surface area contributed by atoms with Crippen LogP contribution in [0.5, 0.6) is 0 Å². The summed E-state index contributed by atoms with van der Waals surface area (Å²) in [5.41, 5.74) is 2.51. The van der Waals surface area contributed by atoms with Gasteiger partial charge in [-0.25, -0.2) is 9.18 Å². The fourth-order valence-electron chi connectivity index (χ4n) is 3.09. The summed E-state index contributed by atoms with van der Waals surface area (Å²) in [5.74, 6) is -0.577. The summed E-state index contributed by atoms with van der Waals surface area (Å²) in [6, 6.07) is 12.1. The van der Waals surface area contributed by atoms with Gasteiger partial charge in [-0.2, -0.15) is 0 Å². The van der Waals surface area contributed by atoms with E-state index >= 15 is 0 Å². The number of halogens is 1. The van der Waals surface area contributed by atoms with E-state index in [9.17, 15) is 14.0 Å². The van der Waals surface area contributed by atoms with Crippen molar-refractivity contribution in [1.29, 1.82) is 0 Å². The van der Waals surface area contributed by atoms with E-state index in [0.29, 0.717) is 12.2 Å². The van der Waals surface area contributed by atoms with Gasteiger partial charge in [0.15, 0.2) is 0 Å². The molecule has 3 amide bonds. The van der Waals surface area contributed by atoms with E-state index in [-0.39, 0.29) is 17.6 Å². The molecule has 2 N–H and O–H groups in total. The van der Waals surface area contributed by atoms with Crippen LogP contribution in [0.4, 0.5) is 20.6 Å². The zero-order valence-corrected chi connectivity index (χ0v) is 14.8. The van der Waals surface area contributed by atoms with Gasteiger partial charge in [0.1, 0.15) is 11.9 Å². The van der Waals surface area contributed by atoms with Gasteiger partial charge in [0, 0.05) is 17.9 Å². The summed E-state index contributed by atoms with van der Waals surface area (Å²) in [5, 5.41) is 5.38. The average molecular weight is 355 g/mol. The van der Waals surface area contributed by atoms with Crippen molar-refractivity contribution in [2.45, 2.75) is 26.3 Å². The van der Waals surface area contributed by atoms with Crippen LogP contribution < -0.4 is 15.5 Å². The zero-order valence-electron chi connectivity index (χ0n) is 14.8. The summed E-state index contributed by atoms with van der Waals surface area (Å²) in [6.07, 6.45) is 0.814. The number of carbonyl (C=O) groups excluding carboxylic acids is 2. The van der Waals surface area contributed by atoms with E-state index in [1.54, 1.807) is 4.90 Å². The SMILES string of the molecule is CC(C)C(NC(=O)Nc1ccc(F)cc1)C(=O)N1CCc2ccccc21. The molecule has 1 aliphatic rings. The van der Waals surface area contributed by atoms with Crippen LogP contribution in [-0.4, -0.2) is 24.5 Å². The molecule has 5 nitrogen and oxygen atoms in total. The second-order valence-electron chi connectivity index (χ2n) is 6.70. The lowest BCUT2D eigenvalue weighted by molar-refractivity contribution is -0.121. The largest absolute Gasteiger partial charge is 0.326 e. The van der Waals surface area contributed by atoms with Crippen LogP contribution in [0.2, 0.25) is 0 Å². The quantitative estimate of drug-likeness (QED) is 0.881. The second-order valence-corrected chi connectivity index (χ2v) is 6.70. The van der Waals surface area contributed by atoms with E-state index in [1.807, 2.05) is 38.1 Å². The Labute approximate surface area is 152 Å². The van der Waals surface area contributed by atoms with Crippen molar-refractivity contribution in [3.8, 4) is 0 Å². The summed E-state index contributed by atoms with van der Waals surface area (Å²) < 4.78 is 13.0. The Morgan fingerprint density at radius 2 is 1.77 bits per heavy atom. The Balaban J connectivity index is 1.70. The predicted octanol–water partition coefficient (Wildman–Crippen LogP) is 3.56. The maximum atomic E-state index is 13.0. The van der Waals surface area contributed by atoms with Crippen LogP contribution in [0.3, 0.4) is 0 Å². The lowest BCUT2D eigenvalue weighted by Crippen LogP contribution is -2.52. The number of hydrogen-bond donors (Lipinski definition) is 2. The number of carbonyl (C=O) groups is 2. The molecule has 0 aromatic heterocycles. The van der Waals surface area contributed by atoms with Crippen molar-refractivity contribution >= 4 is 23.3 Å². The minimum Gasteiger partial charge on any atom is -0.326 e. The molecule has 3 rings (SSSR count). The molecule has 1 atom stereocenters. The van der Waals surface area contributed by atoms with Gasteiger partial charge in [0.2, 0.25) is 5.91 Å². The monoisotopic (exact) mass is 355 g/mol. The Kier molecular flexibility index (Phi) is 5.21. The molecule has 1 unspecified atom stereocenters. The van der Waals surface area contributed by atoms with E-state index < -0.39 is 12.1 Å². The van der Waals surface area contributed by atoms with Gasteiger partial charge >= 0.3 is 6.03 Å². The smallest absolute Gasteiger partial charge is 0.319 e. The first-order chi connectivity index (χ1) is 12.5. The average Bonchev–Trinajstić information content (AvgIpc) is 3.05. The standard InChI is InChI=1S/C20H22FN3O2/c1-13(2)18(23-20(26)22-16-9-7-15(21)8-10-16)19(25)24-12-11-14-5-3-4-6-17(14)24/h3-10,13,18H,11-12H2,1-2H3,(H2,22,23,26). The van der Waals surface area contributed by atoms with Gasteiger partial charge in [0.25, 0.3) is 0 Å². The van der Waals surface area contributed by atoms with E-state index in [2.05, 4.69) is 10.6 Å². The number of anilines is 2. The molecule has 0 fully saturated rings. The highest BCUT2D eigenvalue weighted by molar-refractivity contribution is 6.02. The predicted molar refractivity (Wildman–Crippen MR) is 99.7 cm³/mol. The molecule has 0 saturated heterocycles. The Morgan fingerprint density at radius 1 is 1.08 bits per heavy atom. The first-order valence-corrected chi connectivity index (χ1v) is 8.68. The molecular formula is C20H22FN3O2. The first kappa shape index (κ1) is 17.9. The van der Waals surface area contributed by atoms with Crippen molar-refractivity contribution in [3.63, 3.8) is 0 Å². The topological polar surface area (TPSA) is 61.4 Å². The number of nitrogens with zero attached hydrogens (tertiary/aromatic N) is 1. The molecule has 0 radical (unpaired) electrons. The number of amides is 3. The number of hydrogen-bond acceptors (Lipinski definition) is 2. The molecule has 0 aliphatic carbocycles. The minimum absolute atomic E-state index is 0.0748. The first-order valence-electron chi connectivity index (χ1n) is 8.68. The lowest BCUT2D eigenvalue weighted by Gasteiger charge is -2.27. The third-order valence-corrected chi connectivity index (χ3v) is 4.47. The van der Waals surface area contributed by atoms with Crippen molar-refractivity contribution in [1.82, 2.24) is 5.32 Å². The highest BCUT2D eigenvalue weighted by Gasteiger charge is 2.32. The maximum absolute atomic E-state index is 13.0. The number of rotatable bonds is 4. The Morgan fingerprint density at radius 3 is 2.46 bits per heavy atom. The lowest BCUT2D eigenvalue weighted by atomic mass is 10.0. The molecular weight excluding hydrogens is 333 g/mol. The van der Waals surface area contributed by atoms with Crippen molar-refractivity contribution < 1.29 is 14.0 Å². The molecule has 136 valence electrons.